The average Bonchev–Trinajstić information content (AvgIpc) is 2.30. The second-order valence-electron chi connectivity index (χ2n) is 3.18. The molecule has 2 aromatic rings. The number of aromatic nitrogens is 2. The molecule has 0 aromatic carbocycles. The number of allylic oxidation sites excluding steroid dienone is 1. The SMILES string of the molecule is N/C=C(\C=[NH2+])c1cnc2ccc(Cl)nc2c1. The maximum Gasteiger partial charge on any atom is 0.169 e. The quantitative estimate of drug-likeness (QED) is 0.583. The van der Waals surface area contributed by atoms with Crippen molar-refractivity contribution in [3.8, 4) is 0 Å². The van der Waals surface area contributed by atoms with Crippen molar-refractivity contribution in [3.63, 3.8) is 0 Å². The van der Waals surface area contributed by atoms with Gasteiger partial charge in [-0.3, -0.25) is 10.4 Å². The molecule has 0 fully saturated rings. The number of pyridine rings is 2. The van der Waals surface area contributed by atoms with Crippen LogP contribution in [-0.2, 0) is 0 Å². The summed E-state index contributed by atoms with van der Waals surface area (Å²) in [6.07, 6.45) is 4.54. The maximum atomic E-state index is 5.81. The molecule has 0 atom stereocenters. The molecule has 80 valence electrons. The van der Waals surface area contributed by atoms with Crippen molar-refractivity contribution in [2.24, 2.45) is 5.73 Å². The smallest absolute Gasteiger partial charge is 0.169 e. The molecule has 0 saturated heterocycles. The number of hydrogen-bond donors (Lipinski definition) is 2. The molecule has 5 heteroatoms. The molecule has 0 spiro atoms. The van der Waals surface area contributed by atoms with Gasteiger partial charge < -0.3 is 5.73 Å². The minimum absolute atomic E-state index is 0.432. The average molecular weight is 234 g/mol. The Morgan fingerprint density at radius 2 is 2.19 bits per heavy atom. The number of halogens is 1. The van der Waals surface area contributed by atoms with Crippen LogP contribution < -0.4 is 11.1 Å². The normalized spacial score (nSPS) is 11.7. The summed E-state index contributed by atoms with van der Waals surface area (Å²) in [5.74, 6) is 0. The van der Waals surface area contributed by atoms with Crippen LogP contribution in [0.5, 0.6) is 0 Å². The lowest BCUT2D eigenvalue weighted by Gasteiger charge is -2.01. The highest BCUT2D eigenvalue weighted by molar-refractivity contribution is 6.29. The molecule has 4 nitrogen and oxygen atoms in total. The van der Waals surface area contributed by atoms with Gasteiger partial charge in [-0.2, -0.15) is 0 Å². The van der Waals surface area contributed by atoms with Gasteiger partial charge in [0, 0.05) is 18.0 Å². The van der Waals surface area contributed by atoms with Crippen molar-refractivity contribution in [2.75, 3.05) is 0 Å². The summed E-state index contributed by atoms with van der Waals surface area (Å²) in [6, 6.07) is 5.36. The van der Waals surface area contributed by atoms with E-state index >= 15 is 0 Å². The molecule has 0 aliphatic heterocycles. The molecule has 0 radical (unpaired) electrons. The summed E-state index contributed by atoms with van der Waals surface area (Å²) in [6.45, 7) is 0. The van der Waals surface area contributed by atoms with Gasteiger partial charge in [0.05, 0.1) is 16.6 Å². The van der Waals surface area contributed by atoms with Crippen LogP contribution in [0.1, 0.15) is 5.56 Å². The van der Waals surface area contributed by atoms with E-state index in [1.807, 2.05) is 12.1 Å². The zero-order valence-corrected chi connectivity index (χ0v) is 9.15. The summed E-state index contributed by atoms with van der Waals surface area (Å²) < 4.78 is 0. The number of rotatable bonds is 2. The highest BCUT2D eigenvalue weighted by Crippen LogP contribution is 2.17. The standard InChI is InChI=1S/C11H9ClN4/c12-11-2-1-9-10(16-11)3-7(6-15-9)8(4-13)5-14/h1-6,13H,14H2/p+1/b8-5+,13-4?. The van der Waals surface area contributed by atoms with Gasteiger partial charge >= 0.3 is 0 Å². The molecular formula is C11H10ClN4+. The first-order chi connectivity index (χ1) is 7.74. The van der Waals surface area contributed by atoms with Gasteiger partial charge in [-0.25, -0.2) is 4.98 Å². The van der Waals surface area contributed by atoms with Crippen LogP contribution in [-0.4, -0.2) is 16.2 Å². The Morgan fingerprint density at radius 3 is 2.88 bits per heavy atom. The first-order valence-electron chi connectivity index (χ1n) is 4.64. The van der Waals surface area contributed by atoms with Crippen molar-refractivity contribution in [2.45, 2.75) is 0 Å². The van der Waals surface area contributed by atoms with Crippen molar-refractivity contribution in [1.82, 2.24) is 9.97 Å². The molecule has 0 aliphatic rings. The molecule has 4 N–H and O–H groups in total. The third-order valence-electron chi connectivity index (χ3n) is 2.20. The summed E-state index contributed by atoms with van der Waals surface area (Å²) in [4.78, 5) is 8.41. The Balaban J connectivity index is 2.63. The Bertz CT molecular complexity index is 577. The van der Waals surface area contributed by atoms with E-state index in [0.717, 1.165) is 11.1 Å². The van der Waals surface area contributed by atoms with Gasteiger partial charge in [-0.1, -0.05) is 11.6 Å². The third kappa shape index (κ3) is 1.87. The first-order valence-corrected chi connectivity index (χ1v) is 5.02. The minimum atomic E-state index is 0.432. The molecule has 0 bridgehead atoms. The number of hydrogen-bond acceptors (Lipinski definition) is 3. The van der Waals surface area contributed by atoms with Crippen molar-refractivity contribution in [1.29, 1.82) is 0 Å². The molecule has 0 unspecified atom stereocenters. The zero-order chi connectivity index (χ0) is 11.5. The summed E-state index contributed by atoms with van der Waals surface area (Å²) in [5, 5.41) is 5.87. The molecule has 2 heterocycles. The van der Waals surface area contributed by atoms with Crippen LogP contribution in [0.25, 0.3) is 16.6 Å². The number of nitrogens with zero attached hydrogens (tertiary/aromatic N) is 2. The molecule has 16 heavy (non-hydrogen) atoms. The Kier molecular flexibility index (Phi) is 2.83. The molecule has 0 amide bonds. The predicted octanol–water partition coefficient (Wildman–Crippen LogP) is 0.413. The lowest BCUT2D eigenvalue weighted by Crippen LogP contribution is -2.30. The van der Waals surface area contributed by atoms with Crippen LogP contribution in [0.15, 0.2) is 30.6 Å². The van der Waals surface area contributed by atoms with E-state index in [1.165, 1.54) is 12.4 Å². The zero-order valence-electron chi connectivity index (χ0n) is 8.39. The highest BCUT2D eigenvalue weighted by atomic mass is 35.5. The first kappa shape index (κ1) is 10.6. The van der Waals surface area contributed by atoms with E-state index in [4.69, 9.17) is 22.7 Å². The lowest BCUT2D eigenvalue weighted by atomic mass is 10.1. The minimum Gasteiger partial charge on any atom is -0.404 e. The second-order valence-corrected chi connectivity index (χ2v) is 3.57. The van der Waals surface area contributed by atoms with E-state index < -0.39 is 0 Å². The summed E-state index contributed by atoms with van der Waals surface area (Å²) in [7, 11) is 0. The fourth-order valence-corrected chi connectivity index (χ4v) is 1.54. The maximum absolute atomic E-state index is 5.81. The van der Waals surface area contributed by atoms with Crippen LogP contribution in [0.4, 0.5) is 0 Å². The topological polar surface area (TPSA) is 77.4 Å². The van der Waals surface area contributed by atoms with E-state index in [-0.39, 0.29) is 0 Å². The van der Waals surface area contributed by atoms with E-state index in [1.54, 1.807) is 12.3 Å². The van der Waals surface area contributed by atoms with Crippen LogP contribution in [0, 0.1) is 0 Å². The number of nitrogens with two attached hydrogens (primary N) is 2. The molecular weight excluding hydrogens is 224 g/mol. The van der Waals surface area contributed by atoms with Crippen molar-refractivity contribution >= 4 is 34.4 Å². The van der Waals surface area contributed by atoms with Crippen LogP contribution >= 0.6 is 11.6 Å². The van der Waals surface area contributed by atoms with Gasteiger partial charge in [-0.05, 0) is 18.2 Å². The fraction of sp³-hybridized carbons (Fsp3) is 0. The van der Waals surface area contributed by atoms with Gasteiger partial charge in [0.25, 0.3) is 0 Å². The fourth-order valence-electron chi connectivity index (χ4n) is 1.39. The number of fused-ring (bicyclic) bond motifs is 1. The van der Waals surface area contributed by atoms with Gasteiger partial charge in [0.15, 0.2) is 6.21 Å². The predicted molar refractivity (Wildman–Crippen MR) is 64.7 cm³/mol. The van der Waals surface area contributed by atoms with E-state index in [9.17, 15) is 0 Å². The summed E-state index contributed by atoms with van der Waals surface area (Å²) >= 11 is 5.81. The molecule has 2 aromatic heterocycles. The van der Waals surface area contributed by atoms with Gasteiger partial charge in [0.2, 0.25) is 0 Å². The second kappa shape index (κ2) is 4.28. The van der Waals surface area contributed by atoms with Gasteiger partial charge in [-0.15, -0.1) is 0 Å². The Labute approximate surface area is 97.3 Å². The van der Waals surface area contributed by atoms with E-state index in [2.05, 4.69) is 9.97 Å². The highest BCUT2D eigenvalue weighted by Gasteiger charge is 2.04. The molecule has 0 aliphatic carbocycles. The van der Waals surface area contributed by atoms with Crippen molar-refractivity contribution in [3.05, 3.63) is 41.3 Å². The Hall–Kier alpha value is -1.94. The van der Waals surface area contributed by atoms with Gasteiger partial charge in [0.1, 0.15) is 5.15 Å². The van der Waals surface area contributed by atoms with Crippen LogP contribution in [0.3, 0.4) is 0 Å². The molecule has 2 rings (SSSR count). The largest absolute Gasteiger partial charge is 0.404 e. The lowest BCUT2D eigenvalue weighted by molar-refractivity contribution is -0.103. The monoisotopic (exact) mass is 233 g/mol. The Morgan fingerprint density at radius 1 is 1.38 bits per heavy atom. The molecule has 0 saturated carbocycles. The summed E-state index contributed by atoms with van der Waals surface area (Å²) in [5.41, 5.74) is 8.45. The third-order valence-corrected chi connectivity index (χ3v) is 2.41. The van der Waals surface area contributed by atoms with Crippen molar-refractivity contribution < 1.29 is 5.41 Å². The van der Waals surface area contributed by atoms with E-state index in [0.29, 0.717) is 16.2 Å². The van der Waals surface area contributed by atoms with Crippen LogP contribution in [0.2, 0.25) is 5.15 Å².